The normalized spacial score (nSPS) is 9.32. The van der Waals surface area contributed by atoms with Crippen LogP contribution >= 0.6 is 0 Å². The molecular weight excluding hydrogens is 256 g/mol. The summed E-state index contributed by atoms with van der Waals surface area (Å²) in [5.41, 5.74) is 0.274. The van der Waals surface area contributed by atoms with Crippen molar-refractivity contribution in [3.05, 3.63) is 12.2 Å². The molecule has 0 spiro atoms. The van der Waals surface area contributed by atoms with E-state index in [1.165, 1.54) is 6.92 Å². The Morgan fingerprint density at radius 2 is 1.68 bits per heavy atom. The van der Waals surface area contributed by atoms with Crippen molar-refractivity contribution in [1.29, 1.82) is 0 Å². The highest BCUT2D eigenvalue weighted by atomic mass is 16.6. The molecule has 0 aliphatic rings. The van der Waals surface area contributed by atoms with Gasteiger partial charge in [-0.15, -0.1) is 0 Å². The van der Waals surface area contributed by atoms with E-state index in [-0.39, 0.29) is 31.9 Å². The molecule has 0 aliphatic carbocycles. The monoisotopic (exact) mass is 274 g/mol. The van der Waals surface area contributed by atoms with E-state index in [2.05, 4.69) is 17.2 Å². The average molecular weight is 274 g/mol. The van der Waals surface area contributed by atoms with Crippen LogP contribution in [0.1, 0.15) is 13.3 Å². The SMILES string of the molecule is C=C(C)C(=O)OCCOC(=O)NCCCNC(=O)O. The van der Waals surface area contributed by atoms with E-state index < -0.39 is 18.2 Å². The van der Waals surface area contributed by atoms with Crippen LogP contribution < -0.4 is 10.6 Å². The Balaban J connectivity index is 3.42. The zero-order valence-corrected chi connectivity index (χ0v) is 10.7. The third-order valence-electron chi connectivity index (χ3n) is 1.80. The van der Waals surface area contributed by atoms with Gasteiger partial charge in [-0.3, -0.25) is 0 Å². The summed E-state index contributed by atoms with van der Waals surface area (Å²) in [6.45, 7) is 5.34. The number of rotatable bonds is 8. The number of carbonyl (C=O) groups excluding carboxylic acids is 2. The van der Waals surface area contributed by atoms with Gasteiger partial charge < -0.3 is 25.2 Å². The van der Waals surface area contributed by atoms with Gasteiger partial charge in [-0.05, 0) is 13.3 Å². The predicted molar refractivity (Wildman–Crippen MR) is 65.8 cm³/mol. The maximum absolute atomic E-state index is 11.1. The van der Waals surface area contributed by atoms with Crippen LogP contribution in [0, 0.1) is 0 Å². The fraction of sp³-hybridized carbons (Fsp3) is 0.545. The fourth-order valence-electron chi connectivity index (χ4n) is 0.917. The van der Waals surface area contributed by atoms with Gasteiger partial charge in [-0.1, -0.05) is 6.58 Å². The fourth-order valence-corrected chi connectivity index (χ4v) is 0.917. The highest BCUT2D eigenvalue weighted by Crippen LogP contribution is 1.91. The van der Waals surface area contributed by atoms with Crippen LogP contribution in [0.2, 0.25) is 0 Å². The summed E-state index contributed by atoms with van der Waals surface area (Å²) < 4.78 is 9.41. The Kier molecular flexibility index (Phi) is 8.59. The van der Waals surface area contributed by atoms with E-state index in [1.54, 1.807) is 0 Å². The van der Waals surface area contributed by atoms with Gasteiger partial charge >= 0.3 is 18.2 Å². The Morgan fingerprint density at radius 1 is 1.11 bits per heavy atom. The zero-order valence-electron chi connectivity index (χ0n) is 10.7. The largest absolute Gasteiger partial charge is 0.465 e. The van der Waals surface area contributed by atoms with Crippen molar-refractivity contribution in [3.63, 3.8) is 0 Å². The standard InChI is InChI=1S/C11H18N2O6/c1-8(2)9(14)18-6-7-19-11(17)13-5-3-4-12-10(15)16/h12H,1,3-7H2,2H3,(H,13,17)(H,15,16). The molecule has 0 fully saturated rings. The number of hydrogen-bond acceptors (Lipinski definition) is 5. The van der Waals surface area contributed by atoms with Gasteiger partial charge in [0, 0.05) is 18.7 Å². The minimum Gasteiger partial charge on any atom is -0.465 e. The van der Waals surface area contributed by atoms with Crippen molar-refractivity contribution in [2.75, 3.05) is 26.3 Å². The number of esters is 1. The van der Waals surface area contributed by atoms with E-state index in [0.717, 1.165) is 0 Å². The summed E-state index contributed by atoms with van der Waals surface area (Å²) in [5, 5.41) is 12.8. The number of amides is 2. The molecule has 108 valence electrons. The van der Waals surface area contributed by atoms with Crippen molar-refractivity contribution in [1.82, 2.24) is 10.6 Å². The van der Waals surface area contributed by atoms with Crippen LogP contribution in [-0.4, -0.2) is 49.6 Å². The molecule has 19 heavy (non-hydrogen) atoms. The van der Waals surface area contributed by atoms with Crippen molar-refractivity contribution >= 4 is 18.2 Å². The molecule has 0 atom stereocenters. The number of carbonyl (C=O) groups is 3. The summed E-state index contributed by atoms with van der Waals surface area (Å²) in [7, 11) is 0. The lowest BCUT2D eigenvalue weighted by Crippen LogP contribution is -2.30. The number of alkyl carbamates (subject to hydrolysis) is 1. The highest BCUT2D eigenvalue weighted by Gasteiger charge is 2.04. The first-order valence-electron chi connectivity index (χ1n) is 5.63. The second-order valence-electron chi connectivity index (χ2n) is 3.56. The van der Waals surface area contributed by atoms with Gasteiger partial charge in [0.2, 0.25) is 0 Å². The Hall–Kier alpha value is -2.25. The number of hydrogen-bond donors (Lipinski definition) is 3. The first kappa shape index (κ1) is 16.8. The van der Waals surface area contributed by atoms with Crippen LogP contribution in [-0.2, 0) is 14.3 Å². The summed E-state index contributed by atoms with van der Waals surface area (Å²) >= 11 is 0. The molecule has 0 bridgehead atoms. The average Bonchev–Trinajstić information content (AvgIpc) is 2.33. The minimum atomic E-state index is -1.11. The van der Waals surface area contributed by atoms with Gasteiger partial charge in [0.05, 0.1) is 0 Å². The molecule has 8 nitrogen and oxygen atoms in total. The molecule has 0 aromatic rings. The number of ether oxygens (including phenoxy) is 2. The van der Waals surface area contributed by atoms with Crippen LogP contribution in [0.4, 0.5) is 9.59 Å². The van der Waals surface area contributed by atoms with E-state index in [1.807, 2.05) is 0 Å². The zero-order chi connectivity index (χ0) is 14.7. The Labute approximate surface area is 110 Å². The molecule has 0 heterocycles. The molecule has 0 aliphatic heterocycles. The van der Waals surface area contributed by atoms with Crippen LogP contribution in [0.3, 0.4) is 0 Å². The maximum Gasteiger partial charge on any atom is 0.407 e. The molecule has 0 rings (SSSR count). The van der Waals surface area contributed by atoms with Crippen molar-refractivity contribution in [2.24, 2.45) is 0 Å². The summed E-state index contributed by atoms with van der Waals surface area (Å²) in [6.07, 6.45) is -1.31. The van der Waals surface area contributed by atoms with E-state index in [9.17, 15) is 14.4 Å². The summed E-state index contributed by atoms with van der Waals surface area (Å²) in [4.78, 5) is 32.1. The predicted octanol–water partition coefficient (Wildman–Crippen LogP) is 0.490. The van der Waals surface area contributed by atoms with E-state index in [4.69, 9.17) is 14.6 Å². The number of carboxylic acid groups (broad SMARTS) is 1. The van der Waals surface area contributed by atoms with Crippen molar-refractivity contribution in [2.45, 2.75) is 13.3 Å². The molecule has 0 unspecified atom stereocenters. The van der Waals surface area contributed by atoms with Crippen molar-refractivity contribution in [3.8, 4) is 0 Å². The lowest BCUT2D eigenvalue weighted by atomic mass is 10.4. The van der Waals surface area contributed by atoms with Gasteiger partial charge in [0.15, 0.2) is 0 Å². The molecule has 8 heteroatoms. The smallest absolute Gasteiger partial charge is 0.407 e. The lowest BCUT2D eigenvalue weighted by Gasteiger charge is -2.07. The first-order chi connectivity index (χ1) is 8.93. The van der Waals surface area contributed by atoms with E-state index in [0.29, 0.717) is 6.42 Å². The van der Waals surface area contributed by atoms with Crippen LogP contribution in [0.25, 0.3) is 0 Å². The second kappa shape index (κ2) is 9.75. The summed E-state index contributed by atoms with van der Waals surface area (Å²) in [5.74, 6) is -0.538. The van der Waals surface area contributed by atoms with Crippen LogP contribution in [0.5, 0.6) is 0 Å². The quantitative estimate of drug-likeness (QED) is 0.337. The molecule has 2 amide bonds. The third-order valence-corrected chi connectivity index (χ3v) is 1.80. The lowest BCUT2D eigenvalue weighted by molar-refractivity contribution is -0.139. The molecule has 0 aromatic carbocycles. The molecule has 0 aromatic heterocycles. The van der Waals surface area contributed by atoms with E-state index >= 15 is 0 Å². The van der Waals surface area contributed by atoms with Gasteiger partial charge in [0.25, 0.3) is 0 Å². The third kappa shape index (κ3) is 10.6. The van der Waals surface area contributed by atoms with Gasteiger partial charge in [0.1, 0.15) is 13.2 Å². The highest BCUT2D eigenvalue weighted by molar-refractivity contribution is 5.86. The second-order valence-corrected chi connectivity index (χ2v) is 3.56. The first-order valence-corrected chi connectivity index (χ1v) is 5.63. The van der Waals surface area contributed by atoms with Gasteiger partial charge in [-0.25, -0.2) is 14.4 Å². The Bertz CT molecular complexity index is 342. The van der Waals surface area contributed by atoms with Gasteiger partial charge in [-0.2, -0.15) is 0 Å². The Morgan fingerprint density at radius 3 is 2.26 bits per heavy atom. The topological polar surface area (TPSA) is 114 Å². The summed E-state index contributed by atoms with van der Waals surface area (Å²) in [6, 6.07) is 0. The molecule has 0 radical (unpaired) electrons. The molecule has 3 N–H and O–H groups in total. The molecular formula is C11H18N2O6. The van der Waals surface area contributed by atoms with Crippen LogP contribution in [0.15, 0.2) is 12.2 Å². The number of nitrogens with one attached hydrogen (secondary N) is 2. The molecule has 0 saturated heterocycles. The molecule has 0 saturated carbocycles. The van der Waals surface area contributed by atoms with Crippen molar-refractivity contribution < 1.29 is 29.0 Å². The minimum absolute atomic E-state index is 0.0420. The maximum atomic E-state index is 11.1.